The van der Waals surface area contributed by atoms with E-state index in [4.69, 9.17) is 14.9 Å². The molecule has 13 heteroatoms. The maximum absolute atomic E-state index is 13.2. The van der Waals surface area contributed by atoms with Gasteiger partial charge in [0, 0.05) is 49.7 Å². The predicted molar refractivity (Wildman–Crippen MR) is 162 cm³/mol. The van der Waals surface area contributed by atoms with Crippen LogP contribution in [0.5, 0.6) is 0 Å². The first-order valence-electron chi connectivity index (χ1n) is 14.0. The molecule has 1 aliphatic rings. The molecule has 0 bridgehead atoms. The number of allylic oxidation sites excluding steroid dienone is 1. The number of nitrogens with two attached hydrogens (primary N) is 1. The highest BCUT2D eigenvalue weighted by Gasteiger charge is 2.31. The molecule has 228 valence electrons. The molecule has 0 saturated heterocycles. The number of hydrogen-bond acceptors (Lipinski definition) is 11. The van der Waals surface area contributed by atoms with Gasteiger partial charge in [-0.1, -0.05) is 32.9 Å². The molecule has 1 atom stereocenters. The number of ether oxygens (including phenoxy) is 1. The number of amides is 2. The van der Waals surface area contributed by atoms with E-state index in [1.165, 1.54) is 6.20 Å². The van der Waals surface area contributed by atoms with Crippen LogP contribution in [-0.2, 0) is 16.7 Å². The monoisotopic (exact) mass is 589 g/mol. The number of carbonyl (C=O) groups excluding carboxylic acids is 2. The lowest BCUT2D eigenvalue weighted by Crippen LogP contribution is -2.37. The molecule has 3 aromatic rings. The van der Waals surface area contributed by atoms with Crippen molar-refractivity contribution in [2.45, 2.75) is 71.6 Å². The summed E-state index contributed by atoms with van der Waals surface area (Å²) in [6, 6.07) is 7.18. The van der Waals surface area contributed by atoms with Gasteiger partial charge in [-0.25, -0.2) is 14.8 Å². The zero-order valence-electron chi connectivity index (χ0n) is 25.6. The van der Waals surface area contributed by atoms with Crippen LogP contribution in [-0.4, -0.2) is 62.5 Å². The first-order chi connectivity index (χ1) is 20.3. The van der Waals surface area contributed by atoms with E-state index in [9.17, 15) is 9.59 Å². The fraction of sp³-hybridized carbons (Fsp3) is 0.433. The van der Waals surface area contributed by atoms with Crippen LogP contribution in [0.3, 0.4) is 0 Å². The normalized spacial score (nSPS) is 16.0. The molecule has 2 amide bonds. The van der Waals surface area contributed by atoms with Crippen LogP contribution in [0.2, 0.25) is 0 Å². The average Bonchev–Trinajstić information content (AvgIpc) is 3.38. The minimum Gasteiger partial charge on any atom is -0.444 e. The van der Waals surface area contributed by atoms with Crippen molar-refractivity contribution >= 4 is 24.2 Å². The van der Waals surface area contributed by atoms with Gasteiger partial charge in [0.15, 0.2) is 0 Å². The van der Waals surface area contributed by atoms with Crippen molar-refractivity contribution in [3.63, 3.8) is 0 Å². The van der Waals surface area contributed by atoms with E-state index in [0.717, 1.165) is 16.7 Å². The Hall–Kier alpha value is -4.81. The summed E-state index contributed by atoms with van der Waals surface area (Å²) < 4.78 is 11.3. The highest BCUT2D eigenvalue weighted by atomic mass is 16.6. The van der Waals surface area contributed by atoms with Crippen molar-refractivity contribution in [2.75, 3.05) is 18.9 Å². The van der Waals surface area contributed by atoms with Gasteiger partial charge >= 0.3 is 17.9 Å². The zero-order chi connectivity index (χ0) is 31.4. The number of hydrogen-bond donors (Lipinski definition) is 3. The van der Waals surface area contributed by atoms with Gasteiger partial charge in [0.2, 0.25) is 11.8 Å². The molecule has 43 heavy (non-hydrogen) atoms. The van der Waals surface area contributed by atoms with E-state index in [-0.39, 0.29) is 12.4 Å². The first-order valence-corrected chi connectivity index (χ1v) is 14.0. The number of benzene rings is 1. The summed E-state index contributed by atoms with van der Waals surface area (Å²) in [5.41, 5.74) is 8.31. The van der Waals surface area contributed by atoms with Gasteiger partial charge in [0.05, 0.1) is 17.4 Å². The lowest BCUT2D eigenvalue weighted by molar-refractivity contribution is 0.0234. The second-order valence-electron chi connectivity index (χ2n) is 12.2. The minimum absolute atomic E-state index is 0.114. The Morgan fingerprint density at radius 2 is 1.93 bits per heavy atom. The molecule has 3 heterocycles. The molecule has 13 nitrogen and oxygen atoms in total. The smallest absolute Gasteiger partial charge is 0.410 e. The van der Waals surface area contributed by atoms with E-state index in [0.29, 0.717) is 36.2 Å². The van der Waals surface area contributed by atoms with Crippen molar-refractivity contribution in [1.29, 1.82) is 0 Å². The first kappa shape index (κ1) is 31.1. The Morgan fingerprint density at radius 3 is 2.58 bits per heavy atom. The standard InChI is InChI=1S/C30H39N9O4/c1-29(2,3)26-38-37-25(42-26)24(40)35-23-11-13-39(28(41)43-30(4,5)6)17-19-14-18(8-9-21(19)23)22-10-12-33-27(36-22)34-20(15-31)16-32-7/h8-10,12,14-16,23H,11,13,17,31H2,1-7H3,(H,35,40)(H,33,34,36). The number of fused-ring (bicyclic) bond motifs is 1. The van der Waals surface area contributed by atoms with Crippen molar-refractivity contribution in [1.82, 2.24) is 30.4 Å². The van der Waals surface area contributed by atoms with Crippen molar-refractivity contribution in [2.24, 2.45) is 10.7 Å². The molecular formula is C30H39N9O4. The minimum atomic E-state index is -0.659. The summed E-state index contributed by atoms with van der Waals surface area (Å²) in [6.45, 7) is 11.9. The quantitative estimate of drug-likeness (QED) is 0.351. The van der Waals surface area contributed by atoms with Crippen LogP contribution in [0.1, 0.15) is 81.7 Å². The number of carbonyl (C=O) groups is 2. The molecule has 1 aliphatic heterocycles. The number of nitrogens with zero attached hydrogens (tertiary/aromatic N) is 6. The van der Waals surface area contributed by atoms with Crippen LogP contribution in [0.4, 0.5) is 10.7 Å². The van der Waals surface area contributed by atoms with Crippen LogP contribution >= 0.6 is 0 Å². The fourth-order valence-electron chi connectivity index (χ4n) is 4.40. The molecule has 0 aliphatic carbocycles. The van der Waals surface area contributed by atoms with Crippen molar-refractivity contribution in [3.05, 3.63) is 65.3 Å². The van der Waals surface area contributed by atoms with Gasteiger partial charge < -0.3 is 30.4 Å². The third-order valence-electron chi connectivity index (χ3n) is 6.44. The van der Waals surface area contributed by atoms with Crippen LogP contribution in [0.15, 0.2) is 51.8 Å². The fourth-order valence-corrected chi connectivity index (χ4v) is 4.40. The number of nitrogens with one attached hydrogen (secondary N) is 2. The number of rotatable bonds is 6. The second-order valence-corrected chi connectivity index (χ2v) is 12.2. The van der Waals surface area contributed by atoms with Gasteiger partial charge in [0.25, 0.3) is 0 Å². The van der Waals surface area contributed by atoms with Gasteiger partial charge in [0.1, 0.15) is 5.60 Å². The summed E-state index contributed by atoms with van der Waals surface area (Å²) in [5, 5.41) is 14.1. The number of anilines is 1. The van der Waals surface area contributed by atoms with Crippen LogP contribution in [0, 0.1) is 0 Å². The topological polar surface area (TPSA) is 174 Å². The zero-order valence-corrected chi connectivity index (χ0v) is 25.6. The van der Waals surface area contributed by atoms with Crippen LogP contribution in [0.25, 0.3) is 11.3 Å². The van der Waals surface area contributed by atoms with E-state index in [2.05, 4.69) is 35.8 Å². The Bertz CT molecular complexity index is 1530. The van der Waals surface area contributed by atoms with Gasteiger partial charge in [-0.05, 0) is 50.5 Å². The highest BCUT2D eigenvalue weighted by molar-refractivity contribution is 5.89. The number of aliphatic imine (C=N–C) groups is 1. The molecule has 0 spiro atoms. The number of aromatic nitrogens is 4. The lowest BCUT2D eigenvalue weighted by atomic mass is 9.96. The van der Waals surface area contributed by atoms with Gasteiger partial charge in [-0.3, -0.25) is 9.79 Å². The maximum Gasteiger partial charge on any atom is 0.410 e. The Morgan fingerprint density at radius 1 is 1.16 bits per heavy atom. The summed E-state index contributed by atoms with van der Waals surface area (Å²) >= 11 is 0. The lowest BCUT2D eigenvalue weighted by Gasteiger charge is -2.26. The Balaban J connectivity index is 1.67. The maximum atomic E-state index is 13.2. The molecule has 1 unspecified atom stereocenters. The molecule has 4 rings (SSSR count). The predicted octanol–water partition coefficient (Wildman–Crippen LogP) is 4.35. The molecule has 0 saturated carbocycles. The molecular weight excluding hydrogens is 550 g/mol. The molecule has 0 fully saturated rings. The Kier molecular flexibility index (Phi) is 9.12. The van der Waals surface area contributed by atoms with Crippen molar-refractivity contribution < 1.29 is 18.7 Å². The average molecular weight is 590 g/mol. The van der Waals surface area contributed by atoms with Gasteiger partial charge in [-0.15, -0.1) is 10.2 Å². The van der Waals surface area contributed by atoms with E-state index < -0.39 is 29.1 Å². The largest absolute Gasteiger partial charge is 0.444 e. The molecule has 4 N–H and O–H groups in total. The summed E-state index contributed by atoms with van der Waals surface area (Å²) in [5.74, 6) is 0.115. The van der Waals surface area contributed by atoms with Crippen LogP contribution < -0.4 is 16.4 Å². The molecule has 0 radical (unpaired) electrons. The summed E-state index contributed by atoms with van der Waals surface area (Å²) in [6.07, 6.45) is 4.60. The molecule has 2 aromatic heterocycles. The van der Waals surface area contributed by atoms with Gasteiger partial charge in [-0.2, -0.15) is 0 Å². The van der Waals surface area contributed by atoms with E-state index in [1.54, 1.807) is 30.4 Å². The third-order valence-corrected chi connectivity index (χ3v) is 6.44. The Labute approximate surface area is 251 Å². The SMILES string of the molecule is CN=CC(=CN)Nc1nccc(-c2ccc3c(c2)CN(C(=O)OC(C)(C)C)CCC3NC(=O)c2nnc(C(C)(C)C)o2)n1. The summed E-state index contributed by atoms with van der Waals surface area (Å²) in [7, 11) is 1.64. The highest BCUT2D eigenvalue weighted by Crippen LogP contribution is 2.32. The third kappa shape index (κ3) is 7.93. The van der Waals surface area contributed by atoms with Crippen molar-refractivity contribution in [3.8, 4) is 11.3 Å². The second kappa shape index (κ2) is 12.6. The van der Waals surface area contributed by atoms with E-state index >= 15 is 0 Å². The molecule has 1 aromatic carbocycles. The summed E-state index contributed by atoms with van der Waals surface area (Å²) in [4.78, 5) is 40.9. The van der Waals surface area contributed by atoms with E-state index in [1.807, 2.05) is 59.7 Å².